The van der Waals surface area contributed by atoms with Crippen LogP contribution in [0.3, 0.4) is 0 Å². The lowest BCUT2D eigenvalue weighted by molar-refractivity contribution is -0.141. The Morgan fingerprint density at radius 2 is 1.93 bits per heavy atom. The zero-order valence-corrected chi connectivity index (χ0v) is 26.2. The summed E-state index contributed by atoms with van der Waals surface area (Å²) in [7, 11) is -3.60. The number of aliphatic hydroxyl groups is 1. The van der Waals surface area contributed by atoms with E-state index in [4.69, 9.17) is 20.6 Å². The average Bonchev–Trinajstić information content (AvgIpc) is 3.67. The number of aliphatic hydroxyl groups excluding tert-OH is 1. The molecule has 2 aliphatic rings. The first-order valence-corrected chi connectivity index (χ1v) is 16.7. The maximum Gasteiger partial charge on any atom is 0.361 e. The molecule has 2 fully saturated rings. The monoisotopic (exact) mass is 633 g/mol. The van der Waals surface area contributed by atoms with E-state index in [1.165, 1.54) is 6.07 Å². The Hall–Kier alpha value is -2.75. The van der Waals surface area contributed by atoms with Gasteiger partial charge in [0.05, 0.1) is 29.6 Å². The van der Waals surface area contributed by atoms with Crippen molar-refractivity contribution in [2.75, 3.05) is 13.2 Å². The van der Waals surface area contributed by atoms with E-state index in [2.05, 4.69) is 5.32 Å². The van der Waals surface area contributed by atoms with Crippen molar-refractivity contribution in [3.8, 4) is 0 Å². The van der Waals surface area contributed by atoms with E-state index >= 15 is 0 Å². The molecule has 1 aliphatic heterocycles. The first-order valence-electron chi connectivity index (χ1n) is 14.8. The van der Waals surface area contributed by atoms with Crippen LogP contribution in [0.5, 0.6) is 0 Å². The van der Waals surface area contributed by atoms with Crippen LogP contribution in [-0.4, -0.2) is 51.7 Å². The van der Waals surface area contributed by atoms with Crippen molar-refractivity contribution in [2.45, 2.75) is 77.7 Å². The highest BCUT2D eigenvalue weighted by Gasteiger charge is 2.48. The minimum Gasteiger partial charge on any atom is -0.389 e. The second-order valence-corrected chi connectivity index (χ2v) is 13.6. The molecule has 0 bridgehead atoms. The predicted molar refractivity (Wildman–Crippen MR) is 163 cm³/mol. The highest BCUT2D eigenvalue weighted by atomic mass is 35.5. The first-order chi connectivity index (χ1) is 20.6. The molecule has 2 aromatic carbocycles. The standard InChI is InChI=1S/C31H38ClFN3O6P/c1-4-41-43(40,42-5-2)22-12-13-23-24(19(3)37)17-35(27(23)15-22)18-29(38)36-26-11-7-8-20(26)14-28(36)31(39)34-16-21-9-6-10-25(32)30(21)33/h6,9-10,12-13,15,17,19-20,26,28,37H,4-5,7-8,11,14,16,18H2,1-3H3,(H,34,39)/t19?,20-,26-,28+/m1/s1. The molecule has 12 heteroatoms. The molecule has 2 heterocycles. The van der Waals surface area contributed by atoms with Gasteiger partial charge in [0.2, 0.25) is 11.8 Å². The molecule has 4 atom stereocenters. The van der Waals surface area contributed by atoms with Gasteiger partial charge in [-0.3, -0.25) is 14.2 Å². The number of carbonyl (C=O) groups excluding carboxylic acids is 2. The number of aromatic nitrogens is 1. The number of rotatable bonds is 11. The van der Waals surface area contributed by atoms with Crippen molar-refractivity contribution < 1.29 is 32.7 Å². The Morgan fingerprint density at radius 3 is 2.63 bits per heavy atom. The van der Waals surface area contributed by atoms with E-state index < -0.39 is 25.6 Å². The van der Waals surface area contributed by atoms with Crippen LogP contribution in [0.15, 0.2) is 42.6 Å². The number of halogens is 2. The third kappa shape index (κ3) is 6.26. The van der Waals surface area contributed by atoms with Crippen LogP contribution in [0.25, 0.3) is 10.9 Å². The van der Waals surface area contributed by atoms with Crippen molar-refractivity contribution >= 4 is 47.2 Å². The number of hydrogen-bond donors (Lipinski definition) is 2. The zero-order valence-electron chi connectivity index (χ0n) is 24.6. The van der Waals surface area contributed by atoms with E-state index in [0.29, 0.717) is 28.2 Å². The molecule has 1 saturated carbocycles. The van der Waals surface area contributed by atoms with Crippen LogP contribution >= 0.6 is 19.2 Å². The Balaban J connectivity index is 1.43. The molecule has 2 N–H and O–H groups in total. The van der Waals surface area contributed by atoms with Crippen molar-refractivity contribution in [1.29, 1.82) is 0 Å². The van der Waals surface area contributed by atoms with Gasteiger partial charge in [0.15, 0.2) is 0 Å². The van der Waals surface area contributed by atoms with Gasteiger partial charge >= 0.3 is 7.60 Å². The number of likely N-dealkylation sites (tertiary alicyclic amines) is 1. The van der Waals surface area contributed by atoms with Crippen molar-refractivity contribution in [2.24, 2.45) is 5.92 Å². The van der Waals surface area contributed by atoms with Gasteiger partial charge in [-0.2, -0.15) is 0 Å². The molecule has 1 aliphatic carbocycles. The number of nitrogens with one attached hydrogen (secondary N) is 1. The van der Waals surface area contributed by atoms with Crippen molar-refractivity contribution in [1.82, 2.24) is 14.8 Å². The Labute approximate surface area is 255 Å². The number of carbonyl (C=O) groups is 2. The van der Waals surface area contributed by atoms with E-state index in [1.54, 1.807) is 66.8 Å². The summed E-state index contributed by atoms with van der Waals surface area (Å²) in [4.78, 5) is 29.2. The quantitative estimate of drug-likeness (QED) is 0.271. The highest BCUT2D eigenvalue weighted by molar-refractivity contribution is 7.62. The summed E-state index contributed by atoms with van der Waals surface area (Å²) in [6.45, 7) is 5.38. The molecule has 1 aromatic heterocycles. The van der Waals surface area contributed by atoms with Crippen LogP contribution < -0.4 is 10.6 Å². The van der Waals surface area contributed by atoms with Crippen LogP contribution in [0.2, 0.25) is 5.02 Å². The fourth-order valence-corrected chi connectivity index (χ4v) is 8.35. The number of fused-ring (bicyclic) bond motifs is 2. The minimum absolute atomic E-state index is 0.0171. The topological polar surface area (TPSA) is 110 Å². The largest absolute Gasteiger partial charge is 0.389 e. The van der Waals surface area contributed by atoms with Gasteiger partial charge in [-0.25, -0.2) is 4.39 Å². The minimum atomic E-state index is -3.60. The van der Waals surface area contributed by atoms with Gasteiger partial charge in [-0.1, -0.05) is 36.2 Å². The summed E-state index contributed by atoms with van der Waals surface area (Å²) in [5.74, 6) is -0.930. The molecule has 3 aromatic rings. The second-order valence-electron chi connectivity index (χ2n) is 11.2. The summed E-state index contributed by atoms with van der Waals surface area (Å²) in [5.41, 5.74) is 1.49. The fraction of sp³-hybridized carbons (Fsp3) is 0.484. The molecule has 9 nitrogen and oxygen atoms in total. The van der Waals surface area contributed by atoms with Crippen LogP contribution in [0, 0.1) is 11.7 Å². The van der Waals surface area contributed by atoms with Gasteiger partial charge in [-0.05, 0) is 64.2 Å². The molecule has 0 spiro atoms. The third-order valence-electron chi connectivity index (χ3n) is 8.48. The fourth-order valence-electron chi connectivity index (χ4n) is 6.56. The second kappa shape index (κ2) is 13.1. The molecule has 0 radical (unpaired) electrons. The normalized spacial score (nSPS) is 20.9. The van der Waals surface area contributed by atoms with E-state index in [-0.39, 0.29) is 60.7 Å². The zero-order chi connectivity index (χ0) is 30.9. The van der Waals surface area contributed by atoms with Gasteiger partial charge in [0.1, 0.15) is 18.4 Å². The van der Waals surface area contributed by atoms with Gasteiger partial charge in [0.25, 0.3) is 0 Å². The van der Waals surface area contributed by atoms with E-state index in [9.17, 15) is 23.7 Å². The maximum absolute atomic E-state index is 14.4. The number of nitrogens with zero attached hydrogens (tertiary/aromatic N) is 2. The van der Waals surface area contributed by atoms with E-state index in [1.807, 2.05) is 0 Å². The maximum atomic E-state index is 14.4. The third-order valence-corrected chi connectivity index (χ3v) is 10.9. The van der Waals surface area contributed by atoms with Gasteiger partial charge < -0.3 is 28.9 Å². The van der Waals surface area contributed by atoms with Gasteiger partial charge in [0, 0.05) is 40.8 Å². The first kappa shape index (κ1) is 31.7. The molecule has 1 saturated heterocycles. The van der Waals surface area contributed by atoms with E-state index in [0.717, 1.165) is 19.3 Å². The molecular formula is C31H38ClFN3O6P. The number of benzene rings is 2. The highest BCUT2D eigenvalue weighted by Crippen LogP contribution is 2.47. The Kier molecular flexibility index (Phi) is 9.64. The number of hydrogen-bond acceptors (Lipinski definition) is 6. The van der Waals surface area contributed by atoms with Crippen molar-refractivity contribution in [3.05, 3.63) is 64.6 Å². The van der Waals surface area contributed by atoms with Crippen LogP contribution in [-0.2, 0) is 36.3 Å². The SMILES string of the molecule is CCOP(=O)(OCC)c1ccc2c(C(C)O)cn(CC(=O)N3[C@@H]4CCC[C@@H]4C[C@H]3C(=O)NCc3cccc(Cl)c3F)c2c1. The van der Waals surface area contributed by atoms with Crippen LogP contribution in [0.4, 0.5) is 4.39 Å². The van der Waals surface area contributed by atoms with Gasteiger partial charge in [-0.15, -0.1) is 0 Å². The molecule has 232 valence electrons. The lowest BCUT2D eigenvalue weighted by atomic mass is 10.0. The molecule has 2 amide bonds. The van der Waals surface area contributed by atoms with Crippen LogP contribution in [0.1, 0.15) is 63.7 Å². The lowest BCUT2D eigenvalue weighted by Crippen LogP contribution is -2.49. The van der Waals surface area contributed by atoms with Crippen molar-refractivity contribution in [3.63, 3.8) is 0 Å². The number of amides is 2. The summed E-state index contributed by atoms with van der Waals surface area (Å²) < 4.78 is 40.8. The Morgan fingerprint density at radius 1 is 1.19 bits per heavy atom. The Bertz CT molecular complexity index is 1550. The molecular weight excluding hydrogens is 596 g/mol. The predicted octanol–water partition coefficient (Wildman–Crippen LogP) is 5.46. The molecule has 43 heavy (non-hydrogen) atoms. The summed E-state index contributed by atoms with van der Waals surface area (Å²) >= 11 is 5.90. The lowest BCUT2D eigenvalue weighted by Gasteiger charge is -2.29. The average molecular weight is 634 g/mol. The summed E-state index contributed by atoms with van der Waals surface area (Å²) in [6.07, 6.45) is 4.18. The molecule has 5 rings (SSSR count). The summed E-state index contributed by atoms with van der Waals surface area (Å²) in [5, 5.41) is 14.4. The smallest absolute Gasteiger partial charge is 0.361 e. The molecule has 1 unspecified atom stereocenters. The summed E-state index contributed by atoms with van der Waals surface area (Å²) in [6, 6.07) is 9.00.